The molecule has 1 aromatic carbocycles. The molecule has 1 aromatic rings. The molecular weight excluding hydrogens is 344 g/mol. The average Bonchev–Trinajstić information content (AvgIpc) is 3.23. The van der Waals surface area contributed by atoms with Gasteiger partial charge in [-0.05, 0) is 44.6 Å². The molecule has 148 valence electrons. The summed E-state index contributed by atoms with van der Waals surface area (Å²) in [5.74, 6) is -0.0105. The molecule has 0 aromatic heterocycles. The van der Waals surface area contributed by atoms with Gasteiger partial charge in [-0.3, -0.25) is 9.59 Å². The third-order valence-electron chi connectivity index (χ3n) is 5.89. The minimum Gasteiger partial charge on any atom is -0.396 e. The molecule has 2 bridgehead atoms. The van der Waals surface area contributed by atoms with Gasteiger partial charge in [-0.25, -0.2) is 0 Å². The second-order valence-corrected chi connectivity index (χ2v) is 7.54. The van der Waals surface area contributed by atoms with E-state index in [-0.39, 0.29) is 37.1 Å². The number of fused-ring (bicyclic) bond motifs is 2. The Morgan fingerprint density at radius 1 is 1.30 bits per heavy atom. The zero-order valence-electron chi connectivity index (χ0n) is 16.0. The molecule has 3 atom stereocenters. The largest absolute Gasteiger partial charge is 0.396 e. The summed E-state index contributed by atoms with van der Waals surface area (Å²) in [5, 5.41) is 12.0. The Hall–Kier alpha value is -1.92. The first-order valence-electron chi connectivity index (χ1n) is 9.94. The van der Waals surface area contributed by atoms with E-state index in [1.807, 2.05) is 42.2 Å². The zero-order chi connectivity index (χ0) is 19.3. The van der Waals surface area contributed by atoms with Crippen LogP contribution in [0.4, 0.5) is 0 Å². The summed E-state index contributed by atoms with van der Waals surface area (Å²) in [6.07, 6.45) is 3.65. The van der Waals surface area contributed by atoms with Crippen molar-refractivity contribution in [2.24, 2.45) is 5.41 Å². The molecule has 2 N–H and O–H groups in total. The van der Waals surface area contributed by atoms with Crippen molar-refractivity contribution in [1.82, 2.24) is 10.2 Å². The van der Waals surface area contributed by atoms with Gasteiger partial charge in [0.2, 0.25) is 11.8 Å². The van der Waals surface area contributed by atoms with Crippen LogP contribution in [0.15, 0.2) is 30.3 Å². The normalized spacial score (nSPS) is 26.4. The first-order chi connectivity index (χ1) is 13.1. The van der Waals surface area contributed by atoms with Crippen LogP contribution in [0.3, 0.4) is 0 Å². The Labute approximate surface area is 160 Å². The highest BCUT2D eigenvalue weighted by Gasteiger charge is 2.60. The molecule has 0 spiro atoms. The standard InChI is InChI=1S/C21H30N2O4/c1-2-27-15-19(25)23-17-9-10-18(23)21(14-17,20(26)22-11-6-12-24)13-16-7-4-3-5-8-16/h3-5,7-8,17-18,24H,2,6,9-15H2,1H3,(H,22,26)/t17-,18+,21+/m0/s1. The second-order valence-electron chi connectivity index (χ2n) is 7.54. The van der Waals surface area contributed by atoms with Crippen LogP contribution < -0.4 is 5.32 Å². The lowest BCUT2D eigenvalue weighted by atomic mass is 9.69. The summed E-state index contributed by atoms with van der Waals surface area (Å²) < 4.78 is 5.34. The number of nitrogens with zero attached hydrogens (tertiary/aromatic N) is 1. The van der Waals surface area contributed by atoms with E-state index in [9.17, 15) is 9.59 Å². The van der Waals surface area contributed by atoms with Crippen molar-refractivity contribution in [3.05, 3.63) is 35.9 Å². The van der Waals surface area contributed by atoms with Gasteiger partial charge in [-0.2, -0.15) is 0 Å². The van der Waals surface area contributed by atoms with E-state index in [4.69, 9.17) is 9.84 Å². The van der Waals surface area contributed by atoms with Gasteiger partial charge in [-0.1, -0.05) is 30.3 Å². The molecule has 2 amide bonds. The number of hydrogen-bond acceptors (Lipinski definition) is 4. The number of aliphatic hydroxyl groups is 1. The van der Waals surface area contributed by atoms with Gasteiger partial charge < -0.3 is 20.1 Å². The number of rotatable bonds is 9. The molecule has 2 saturated heterocycles. The van der Waals surface area contributed by atoms with Crippen LogP contribution in [0, 0.1) is 5.41 Å². The predicted octanol–water partition coefficient (Wildman–Crippen LogP) is 1.51. The van der Waals surface area contributed by atoms with E-state index in [0.29, 0.717) is 32.4 Å². The van der Waals surface area contributed by atoms with Crippen molar-refractivity contribution in [3.63, 3.8) is 0 Å². The second kappa shape index (κ2) is 8.85. The number of amides is 2. The van der Waals surface area contributed by atoms with Gasteiger partial charge >= 0.3 is 0 Å². The van der Waals surface area contributed by atoms with E-state index >= 15 is 0 Å². The van der Waals surface area contributed by atoms with E-state index in [0.717, 1.165) is 18.4 Å². The zero-order valence-corrected chi connectivity index (χ0v) is 16.0. The molecule has 2 aliphatic rings. The van der Waals surface area contributed by atoms with Gasteiger partial charge in [0, 0.05) is 31.8 Å². The van der Waals surface area contributed by atoms with Gasteiger partial charge in [0.25, 0.3) is 0 Å². The molecule has 0 unspecified atom stereocenters. The van der Waals surface area contributed by atoms with Crippen LogP contribution in [-0.4, -0.2) is 60.3 Å². The fourth-order valence-electron chi connectivity index (χ4n) is 4.76. The van der Waals surface area contributed by atoms with Gasteiger partial charge in [0.15, 0.2) is 0 Å². The van der Waals surface area contributed by atoms with Crippen molar-refractivity contribution < 1.29 is 19.4 Å². The van der Waals surface area contributed by atoms with Gasteiger partial charge in [0.05, 0.1) is 5.41 Å². The Balaban J connectivity index is 1.84. The quantitative estimate of drug-likeness (QED) is 0.643. The lowest BCUT2D eigenvalue weighted by molar-refractivity contribution is -0.140. The third kappa shape index (κ3) is 4.01. The average molecular weight is 374 g/mol. The molecule has 3 rings (SSSR count). The summed E-state index contributed by atoms with van der Waals surface area (Å²) in [4.78, 5) is 27.9. The summed E-state index contributed by atoms with van der Waals surface area (Å²) in [7, 11) is 0. The number of ether oxygens (including phenoxy) is 1. The van der Waals surface area contributed by atoms with Crippen molar-refractivity contribution >= 4 is 11.8 Å². The van der Waals surface area contributed by atoms with Crippen LogP contribution in [0.1, 0.15) is 38.2 Å². The molecule has 0 aliphatic carbocycles. The van der Waals surface area contributed by atoms with Crippen LogP contribution >= 0.6 is 0 Å². The lowest BCUT2D eigenvalue weighted by Crippen LogP contribution is -2.51. The highest BCUT2D eigenvalue weighted by Crippen LogP contribution is 2.51. The molecular formula is C21H30N2O4. The molecule has 27 heavy (non-hydrogen) atoms. The van der Waals surface area contributed by atoms with Crippen LogP contribution in [0.2, 0.25) is 0 Å². The monoisotopic (exact) mass is 374 g/mol. The lowest BCUT2D eigenvalue weighted by Gasteiger charge is -2.36. The Morgan fingerprint density at radius 3 is 2.78 bits per heavy atom. The number of aliphatic hydroxyl groups excluding tert-OH is 1. The van der Waals surface area contributed by atoms with Crippen molar-refractivity contribution in [2.75, 3.05) is 26.4 Å². The maximum Gasteiger partial charge on any atom is 0.249 e. The van der Waals surface area contributed by atoms with Gasteiger partial charge in [0.1, 0.15) is 6.61 Å². The summed E-state index contributed by atoms with van der Waals surface area (Å²) in [6.45, 7) is 2.97. The van der Waals surface area contributed by atoms with Crippen LogP contribution in [0.25, 0.3) is 0 Å². The summed E-state index contributed by atoms with van der Waals surface area (Å²) >= 11 is 0. The van der Waals surface area contributed by atoms with Crippen LogP contribution in [0.5, 0.6) is 0 Å². The summed E-state index contributed by atoms with van der Waals surface area (Å²) in [5.41, 5.74) is 0.501. The molecule has 2 heterocycles. The molecule has 6 nitrogen and oxygen atoms in total. The van der Waals surface area contributed by atoms with Crippen molar-refractivity contribution in [2.45, 2.75) is 51.1 Å². The molecule has 0 saturated carbocycles. The topological polar surface area (TPSA) is 78.9 Å². The van der Waals surface area contributed by atoms with E-state index in [2.05, 4.69) is 5.32 Å². The maximum absolute atomic E-state index is 13.3. The Bertz CT molecular complexity index is 651. The maximum atomic E-state index is 13.3. The fourth-order valence-corrected chi connectivity index (χ4v) is 4.76. The SMILES string of the molecule is CCOCC(=O)N1[C@H]2CC[C@@H]1[C@](Cc1ccccc1)(C(=O)NCCCO)C2. The highest BCUT2D eigenvalue weighted by molar-refractivity contribution is 5.87. The minimum atomic E-state index is -0.610. The predicted molar refractivity (Wildman–Crippen MR) is 102 cm³/mol. The first kappa shape index (κ1) is 19.8. The van der Waals surface area contributed by atoms with E-state index < -0.39 is 5.41 Å². The number of carbonyl (C=O) groups excluding carboxylic acids is 2. The number of hydrogen-bond donors (Lipinski definition) is 2. The van der Waals surface area contributed by atoms with Gasteiger partial charge in [-0.15, -0.1) is 0 Å². The van der Waals surface area contributed by atoms with Crippen LogP contribution in [-0.2, 0) is 20.7 Å². The molecule has 6 heteroatoms. The first-order valence-corrected chi connectivity index (χ1v) is 9.94. The van der Waals surface area contributed by atoms with Crippen molar-refractivity contribution in [1.29, 1.82) is 0 Å². The fraction of sp³-hybridized carbons (Fsp3) is 0.619. The number of carbonyl (C=O) groups is 2. The molecule has 2 fully saturated rings. The third-order valence-corrected chi connectivity index (χ3v) is 5.89. The number of nitrogens with one attached hydrogen (secondary N) is 1. The van der Waals surface area contributed by atoms with E-state index in [1.165, 1.54) is 0 Å². The minimum absolute atomic E-state index is 0.00112. The Morgan fingerprint density at radius 2 is 2.07 bits per heavy atom. The van der Waals surface area contributed by atoms with E-state index in [1.54, 1.807) is 0 Å². The Kier molecular flexibility index (Phi) is 6.50. The molecule has 2 aliphatic heterocycles. The highest BCUT2D eigenvalue weighted by atomic mass is 16.5. The summed E-state index contributed by atoms with van der Waals surface area (Å²) in [6, 6.07) is 10.0. The van der Waals surface area contributed by atoms with Crippen molar-refractivity contribution in [3.8, 4) is 0 Å². The smallest absolute Gasteiger partial charge is 0.249 e. The molecule has 0 radical (unpaired) electrons. The number of benzene rings is 1.